The molecule has 0 aromatic carbocycles. The van der Waals surface area contributed by atoms with Crippen molar-refractivity contribution in [3.8, 4) is 0 Å². The van der Waals surface area contributed by atoms with Crippen LogP contribution in [-0.2, 0) is 0 Å². The molecule has 1 nitrogen and oxygen atoms in total. The molecular formula is C7H13F2N. The Morgan fingerprint density at radius 2 is 2.00 bits per heavy atom. The largest absolute Gasteiger partial charge is 0.306 e. The molecule has 1 aliphatic heterocycles. The summed E-state index contributed by atoms with van der Waals surface area (Å²) in [5.41, 5.74) is 0. The molecule has 60 valence electrons. The van der Waals surface area contributed by atoms with Crippen molar-refractivity contribution in [3.63, 3.8) is 0 Å². The van der Waals surface area contributed by atoms with Crippen molar-refractivity contribution in [3.05, 3.63) is 0 Å². The Hall–Kier alpha value is -0.180. The normalized spacial score (nSPS) is 35.7. The standard InChI is InChI=1S/C7H13F2N/c1-5-3-10(2)4-6(5)7(8)9/h5-7H,3-4H2,1-2H3/t5?,6-/m1/s1. The molecule has 1 heterocycles. The first-order valence-electron chi connectivity index (χ1n) is 3.58. The number of halogens is 2. The van der Waals surface area contributed by atoms with Crippen LogP contribution >= 0.6 is 0 Å². The van der Waals surface area contributed by atoms with Gasteiger partial charge in [-0.2, -0.15) is 0 Å². The first-order valence-corrected chi connectivity index (χ1v) is 3.58. The Labute approximate surface area is 60.0 Å². The first-order chi connectivity index (χ1) is 4.61. The summed E-state index contributed by atoms with van der Waals surface area (Å²) in [6, 6.07) is 0. The van der Waals surface area contributed by atoms with Crippen molar-refractivity contribution in [2.75, 3.05) is 20.1 Å². The Morgan fingerprint density at radius 1 is 1.40 bits per heavy atom. The average molecular weight is 149 g/mol. The van der Waals surface area contributed by atoms with E-state index in [1.165, 1.54) is 0 Å². The highest BCUT2D eigenvalue weighted by atomic mass is 19.3. The topological polar surface area (TPSA) is 3.24 Å². The zero-order valence-corrected chi connectivity index (χ0v) is 6.35. The van der Waals surface area contributed by atoms with E-state index in [-0.39, 0.29) is 5.92 Å². The van der Waals surface area contributed by atoms with Gasteiger partial charge >= 0.3 is 0 Å². The highest BCUT2D eigenvalue weighted by Gasteiger charge is 2.33. The van der Waals surface area contributed by atoms with Crippen LogP contribution in [0.2, 0.25) is 0 Å². The zero-order valence-electron chi connectivity index (χ0n) is 6.35. The second kappa shape index (κ2) is 2.82. The maximum atomic E-state index is 12.1. The smallest absolute Gasteiger partial charge is 0.242 e. The fourth-order valence-electron chi connectivity index (χ4n) is 1.57. The van der Waals surface area contributed by atoms with Gasteiger partial charge in [-0.25, -0.2) is 8.78 Å². The summed E-state index contributed by atoms with van der Waals surface area (Å²) in [6.07, 6.45) is -2.14. The molecule has 1 fully saturated rings. The second-order valence-electron chi connectivity index (χ2n) is 3.20. The second-order valence-corrected chi connectivity index (χ2v) is 3.20. The van der Waals surface area contributed by atoms with E-state index < -0.39 is 12.3 Å². The monoisotopic (exact) mass is 149 g/mol. The van der Waals surface area contributed by atoms with Gasteiger partial charge in [0.25, 0.3) is 0 Å². The molecule has 2 atom stereocenters. The molecule has 0 N–H and O–H groups in total. The van der Waals surface area contributed by atoms with Crippen LogP contribution in [-0.4, -0.2) is 31.5 Å². The predicted molar refractivity (Wildman–Crippen MR) is 36.2 cm³/mol. The van der Waals surface area contributed by atoms with Crippen LogP contribution in [0.25, 0.3) is 0 Å². The number of nitrogens with zero attached hydrogens (tertiary/aromatic N) is 1. The van der Waals surface area contributed by atoms with Crippen LogP contribution in [0.5, 0.6) is 0 Å². The fraction of sp³-hybridized carbons (Fsp3) is 1.00. The molecule has 0 radical (unpaired) electrons. The molecule has 1 rings (SSSR count). The fourth-order valence-corrected chi connectivity index (χ4v) is 1.57. The molecule has 0 amide bonds. The number of likely N-dealkylation sites (tertiary alicyclic amines) is 1. The van der Waals surface area contributed by atoms with Crippen molar-refractivity contribution in [1.82, 2.24) is 4.90 Å². The van der Waals surface area contributed by atoms with Crippen LogP contribution in [0.3, 0.4) is 0 Å². The molecule has 0 spiro atoms. The Balaban J connectivity index is 2.46. The first kappa shape index (κ1) is 7.92. The van der Waals surface area contributed by atoms with Gasteiger partial charge in [0, 0.05) is 19.0 Å². The van der Waals surface area contributed by atoms with Gasteiger partial charge in [0.05, 0.1) is 0 Å². The number of hydrogen-bond donors (Lipinski definition) is 0. The highest BCUT2D eigenvalue weighted by Crippen LogP contribution is 2.26. The summed E-state index contributed by atoms with van der Waals surface area (Å²) in [7, 11) is 1.89. The molecule has 0 saturated carbocycles. The van der Waals surface area contributed by atoms with Crippen LogP contribution in [0.1, 0.15) is 6.92 Å². The summed E-state index contributed by atoms with van der Waals surface area (Å²) in [6.45, 7) is 3.26. The van der Waals surface area contributed by atoms with E-state index in [1.807, 2.05) is 18.9 Å². The SMILES string of the molecule is CC1CN(C)C[C@H]1C(F)F. The maximum absolute atomic E-state index is 12.1. The van der Waals surface area contributed by atoms with Crippen molar-refractivity contribution in [2.24, 2.45) is 11.8 Å². The maximum Gasteiger partial charge on any atom is 0.242 e. The highest BCUT2D eigenvalue weighted by molar-refractivity contribution is 4.80. The molecule has 3 heteroatoms. The van der Waals surface area contributed by atoms with Gasteiger partial charge in [0.15, 0.2) is 0 Å². The molecule has 1 aliphatic rings. The molecule has 0 bridgehead atoms. The van der Waals surface area contributed by atoms with Crippen molar-refractivity contribution in [2.45, 2.75) is 13.3 Å². The Morgan fingerprint density at radius 3 is 2.20 bits per heavy atom. The van der Waals surface area contributed by atoms with Gasteiger partial charge in [0.2, 0.25) is 6.43 Å². The molecule has 0 aromatic rings. The third-order valence-corrected chi connectivity index (χ3v) is 2.18. The molecule has 0 aromatic heterocycles. The third kappa shape index (κ3) is 1.45. The van der Waals surface area contributed by atoms with Gasteiger partial charge in [-0.15, -0.1) is 0 Å². The van der Waals surface area contributed by atoms with E-state index in [0.29, 0.717) is 6.54 Å². The minimum absolute atomic E-state index is 0.157. The minimum Gasteiger partial charge on any atom is -0.306 e. The molecule has 0 aliphatic carbocycles. The molecule has 1 unspecified atom stereocenters. The summed E-state index contributed by atoms with van der Waals surface area (Å²) >= 11 is 0. The number of hydrogen-bond acceptors (Lipinski definition) is 1. The van der Waals surface area contributed by atoms with Gasteiger partial charge in [0.1, 0.15) is 0 Å². The van der Waals surface area contributed by atoms with E-state index in [2.05, 4.69) is 0 Å². The molecule has 10 heavy (non-hydrogen) atoms. The molecular weight excluding hydrogens is 136 g/mol. The average Bonchev–Trinajstić information content (AvgIpc) is 2.10. The van der Waals surface area contributed by atoms with E-state index in [9.17, 15) is 8.78 Å². The lowest BCUT2D eigenvalue weighted by Crippen LogP contribution is -2.19. The lowest BCUT2D eigenvalue weighted by molar-refractivity contribution is 0.0657. The lowest BCUT2D eigenvalue weighted by Gasteiger charge is -2.11. The van der Waals surface area contributed by atoms with Crippen molar-refractivity contribution < 1.29 is 8.78 Å². The summed E-state index contributed by atoms with van der Waals surface area (Å²) in [5, 5.41) is 0. The quantitative estimate of drug-likeness (QED) is 0.545. The van der Waals surface area contributed by atoms with Crippen LogP contribution in [0.4, 0.5) is 8.78 Å². The van der Waals surface area contributed by atoms with E-state index >= 15 is 0 Å². The van der Waals surface area contributed by atoms with Crippen LogP contribution in [0.15, 0.2) is 0 Å². The molecule has 1 saturated heterocycles. The van der Waals surface area contributed by atoms with Crippen LogP contribution < -0.4 is 0 Å². The van der Waals surface area contributed by atoms with E-state index in [0.717, 1.165) is 6.54 Å². The van der Waals surface area contributed by atoms with Gasteiger partial charge in [-0.1, -0.05) is 6.92 Å². The zero-order chi connectivity index (χ0) is 7.72. The van der Waals surface area contributed by atoms with Gasteiger partial charge in [-0.3, -0.25) is 0 Å². The Bertz CT molecular complexity index is 116. The summed E-state index contributed by atoms with van der Waals surface area (Å²) < 4.78 is 24.3. The van der Waals surface area contributed by atoms with Crippen LogP contribution in [0, 0.1) is 11.8 Å². The van der Waals surface area contributed by atoms with Gasteiger partial charge < -0.3 is 4.90 Å². The summed E-state index contributed by atoms with van der Waals surface area (Å²) in [5.74, 6) is -0.241. The van der Waals surface area contributed by atoms with E-state index in [1.54, 1.807) is 0 Å². The minimum atomic E-state index is -2.14. The lowest BCUT2D eigenvalue weighted by atomic mass is 9.99. The number of rotatable bonds is 1. The van der Waals surface area contributed by atoms with E-state index in [4.69, 9.17) is 0 Å². The van der Waals surface area contributed by atoms with Crippen molar-refractivity contribution in [1.29, 1.82) is 0 Å². The Kier molecular flexibility index (Phi) is 2.24. The van der Waals surface area contributed by atoms with Gasteiger partial charge in [-0.05, 0) is 13.0 Å². The third-order valence-electron chi connectivity index (χ3n) is 2.18. The predicted octanol–water partition coefficient (Wildman–Crippen LogP) is 1.45. The van der Waals surface area contributed by atoms with Crippen molar-refractivity contribution >= 4 is 0 Å². The number of alkyl halides is 2. The summed E-state index contributed by atoms with van der Waals surface area (Å²) in [4.78, 5) is 1.96.